The molecule has 0 aliphatic rings. The molecule has 0 atom stereocenters. The molecule has 0 bridgehead atoms. The van der Waals surface area contributed by atoms with E-state index in [4.69, 9.17) is 5.26 Å². The van der Waals surface area contributed by atoms with E-state index in [2.05, 4.69) is 4.98 Å². The third-order valence-corrected chi connectivity index (χ3v) is 2.87. The summed E-state index contributed by atoms with van der Waals surface area (Å²) >= 11 is 0. The zero-order valence-electron chi connectivity index (χ0n) is 11.5. The number of carbonyl (C=O) groups is 1. The Bertz CT molecular complexity index is 427. The minimum absolute atomic E-state index is 0.0405. The number of nitrogens with zero attached hydrogens (tertiary/aromatic N) is 4. The smallest absolute Gasteiger partial charge is 0.236 e. The fourth-order valence-electron chi connectivity index (χ4n) is 1.62. The molecule has 5 nitrogen and oxygen atoms in total. The second kappa shape index (κ2) is 8.22. The standard InChI is InChI=1S/C14H20N4O/c1-17(11-7-13-6-3-4-9-16-13)12-14(19)18(2)10-5-8-15/h3-4,6,9H,5,7,10-12H2,1-2H3. The zero-order chi connectivity index (χ0) is 14.1. The summed E-state index contributed by atoms with van der Waals surface area (Å²) in [6.45, 7) is 1.65. The highest BCUT2D eigenvalue weighted by Gasteiger charge is 2.11. The Morgan fingerprint density at radius 1 is 1.37 bits per heavy atom. The fraction of sp³-hybridized carbons (Fsp3) is 0.500. The molecule has 0 aromatic carbocycles. The second-order valence-corrected chi connectivity index (χ2v) is 4.53. The van der Waals surface area contributed by atoms with Gasteiger partial charge < -0.3 is 4.90 Å². The molecular weight excluding hydrogens is 240 g/mol. The average molecular weight is 260 g/mol. The Kier molecular flexibility index (Phi) is 6.55. The summed E-state index contributed by atoms with van der Waals surface area (Å²) in [4.78, 5) is 19.6. The number of carbonyl (C=O) groups excluding carboxylic acids is 1. The van der Waals surface area contributed by atoms with E-state index in [0.29, 0.717) is 19.5 Å². The van der Waals surface area contributed by atoms with Crippen LogP contribution < -0.4 is 0 Å². The van der Waals surface area contributed by atoms with Crippen molar-refractivity contribution in [1.29, 1.82) is 5.26 Å². The predicted octanol–water partition coefficient (Wildman–Crippen LogP) is 0.928. The van der Waals surface area contributed by atoms with Crippen LogP contribution in [0.15, 0.2) is 24.4 Å². The first-order valence-corrected chi connectivity index (χ1v) is 6.33. The van der Waals surface area contributed by atoms with E-state index in [-0.39, 0.29) is 5.91 Å². The van der Waals surface area contributed by atoms with Crippen LogP contribution in [0.3, 0.4) is 0 Å². The number of nitriles is 1. The van der Waals surface area contributed by atoms with Crippen LogP contribution in [0, 0.1) is 11.3 Å². The molecule has 1 heterocycles. The van der Waals surface area contributed by atoms with Crippen molar-refractivity contribution >= 4 is 5.91 Å². The number of aromatic nitrogens is 1. The van der Waals surface area contributed by atoms with E-state index in [1.54, 1.807) is 18.1 Å². The molecule has 0 N–H and O–H groups in total. The van der Waals surface area contributed by atoms with Crippen LogP contribution >= 0.6 is 0 Å². The molecule has 0 saturated heterocycles. The molecular formula is C14H20N4O. The highest BCUT2D eigenvalue weighted by Crippen LogP contribution is 1.97. The van der Waals surface area contributed by atoms with E-state index in [1.807, 2.05) is 36.2 Å². The number of likely N-dealkylation sites (N-methyl/N-ethyl adjacent to an activating group) is 2. The summed E-state index contributed by atoms with van der Waals surface area (Å²) in [7, 11) is 3.64. The molecule has 0 radical (unpaired) electrons. The first-order valence-electron chi connectivity index (χ1n) is 6.33. The lowest BCUT2D eigenvalue weighted by atomic mass is 10.2. The van der Waals surface area contributed by atoms with Gasteiger partial charge in [-0.1, -0.05) is 6.07 Å². The van der Waals surface area contributed by atoms with Gasteiger partial charge in [0.25, 0.3) is 0 Å². The number of amides is 1. The quantitative estimate of drug-likeness (QED) is 0.731. The monoisotopic (exact) mass is 260 g/mol. The highest BCUT2D eigenvalue weighted by molar-refractivity contribution is 5.77. The molecule has 1 amide bonds. The molecule has 0 aliphatic carbocycles. The Hall–Kier alpha value is -1.93. The van der Waals surface area contributed by atoms with Gasteiger partial charge in [-0.25, -0.2) is 0 Å². The van der Waals surface area contributed by atoms with E-state index < -0.39 is 0 Å². The van der Waals surface area contributed by atoms with Crippen molar-refractivity contribution in [3.05, 3.63) is 30.1 Å². The Morgan fingerprint density at radius 3 is 2.79 bits per heavy atom. The van der Waals surface area contributed by atoms with Gasteiger partial charge in [-0.3, -0.25) is 14.7 Å². The van der Waals surface area contributed by atoms with E-state index in [1.165, 1.54) is 0 Å². The van der Waals surface area contributed by atoms with Crippen LogP contribution in [0.5, 0.6) is 0 Å². The summed E-state index contributed by atoms with van der Waals surface area (Å²) in [6, 6.07) is 7.87. The Labute approximate surface area is 114 Å². The van der Waals surface area contributed by atoms with Gasteiger partial charge in [0.2, 0.25) is 5.91 Å². The normalized spacial score (nSPS) is 10.2. The van der Waals surface area contributed by atoms with Gasteiger partial charge in [-0.05, 0) is 19.2 Å². The molecule has 102 valence electrons. The van der Waals surface area contributed by atoms with Crippen LogP contribution in [0.2, 0.25) is 0 Å². The first-order chi connectivity index (χ1) is 9.13. The molecule has 0 fully saturated rings. The van der Waals surface area contributed by atoms with Crippen LogP contribution in [-0.2, 0) is 11.2 Å². The minimum atomic E-state index is 0.0405. The summed E-state index contributed by atoms with van der Waals surface area (Å²) in [5.41, 5.74) is 1.03. The topological polar surface area (TPSA) is 60.2 Å². The molecule has 1 aromatic rings. The van der Waals surface area contributed by atoms with Crippen LogP contribution in [0.1, 0.15) is 12.1 Å². The summed E-state index contributed by atoms with van der Waals surface area (Å²) in [6.07, 6.45) is 2.97. The molecule has 1 aromatic heterocycles. The Balaban J connectivity index is 2.29. The zero-order valence-corrected chi connectivity index (χ0v) is 11.5. The molecule has 19 heavy (non-hydrogen) atoms. The van der Waals surface area contributed by atoms with E-state index in [0.717, 1.165) is 18.7 Å². The molecule has 0 unspecified atom stereocenters. The van der Waals surface area contributed by atoms with Gasteiger partial charge in [-0.2, -0.15) is 5.26 Å². The maximum atomic E-state index is 11.8. The van der Waals surface area contributed by atoms with Gasteiger partial charge in [0.15, 0.2) is 0 Å². The number of hydrogen-bond acceptors (Lipinski definition) is 4. The number of pyridine rings is 1. The van der Waals surface area contributed by atoms with Gasteiger partial charge in [0, 0.05) is 38.4 Å². The van der Waals surface area contributed by atoms with Crippen molar-refractivity contribution in [3.8, 4) is 6.07 Å². The molecule has 5 heteroatoms. The van der Waals surface area contributed by atoms with Gasteiger partial charge in [-0.15, -0.1) is 0 Å². The lowest BCUT2D eigenvalue weighted by Gasteiger charge is -2.21. The third kappa shape index (κ3) is 5.98. The number of rotatable bonds is 7. The SMILES string of the molecule is CN(CCc1ccccn1)CC(=O)N(C)CCC#N. The van der Waals surface area contributed by atoms with Gasteiger partial charge in [0.1, 0.15) is 0 Å². The van der Waals surface area contributed by atoms with Gasteiger partial charge >= 0.3 is 0 Å². The molecule has 1 rings (SSSR count). The van der Waals surface area contributed by atoms with Crippen LogP contribution in [0.25, 0.3) is 0 Å². The molecule has 0 saturated carbocycles. The average Bonchev–Trinajstić information content (AvgIpc) is 2.43. The summed E-state index contributed by atoms with van der Waals surface area (Å²) in [5, 5.41) is 8.48. The lowest BCUT2D eigenvalue weighted by Crippen LogP contribution is -2.37. The van der Waals surface area contributed by atoms with Gasteiger partial charge in [0.05, 0.1) is 19.0 Å². The molecule has 0 aliphatic heterocycles. The fourth-order valence-corrected chi connectivity index (χ4v) is 1.62. The predicted molar refractivity (Wildman–Crippen MR) is 73.3 cm³/mol. The summed E-state index contributed by atoms with van der Waals surface area (Å²) < 4.78 is 0. The molecule has 0 spiro atoms. The highest BCUT2D eigenvalue weighted by atomic mass is 16.2. The first kappa shape index (κ1) is 15.1. The van der Waals surface area contributed by atoms with Crippen molar-refractivity contribution in [2.24, 2.45) is 0 Å². The second-order valence-electron chi connectivity index (χ2n) is 4.53. The number of hydrogen-bond donors (Lipinski definition) is 0. The largest absolute Gasteiger partial charge is 0.344 e. The summed E-state index contributed by atoms with van der Waals surface area (Å²) in [5.74, 6) is 0.0405. The maximum absolute atomic E-state index is 11.8. The Morgan fingerprint density at radius 2 is 2.16 bits per heavy atom. The van der Waals surface area contributed by atoms with Crippen molar-refractivity contribution < 1.29 is 4.79 Å². The van der Waals surface area contributed by atoms with Crippen molar-refractivity contribution in [2.75, 3.05) is 33.7 Å². The minimum Gasteiger partial charge on any atom is -0.344 e. The third-order valence-electron chi connectivity index (χ3n) is 2.87. The maximum Gasteiger partial charge on any atom is 0.236 e. The van der Waals surface area contributed by atoms with Crippen molar-refractivity contribution in [2.45, 2.75) is 12.8 Å². The van der Waals surface area contributed by atoms with Crippen LogP contribution in [0.4, 0.5) is 0 Å². The lowest BCUT2D eigenvalue weighted by molar-refractivity contribution is -0.130. The van der Waals surface area contributed by atoms with Crippen LogP contribution in [-0.4, -0.2) is 54.4 Å². The van der Waals surface area contributed by atoms with E-state index >= 15 is 0 Å². The van der Waals surface area contributed by atoms with Crippen molar-refractivity contribution in [1.82, 2.24) is 14.8 Å². The van der Waals surface area contributed by atoms with E-state index in [9.17, 15) is 4.79 Å². The van der Waals surface area contributed by atoms with Crippen molar-refractivity contribution in [3.63, 3.8) is 0 Å².